The third-order valence-electron chi connectivity index (χ3n) is 3.65. The molecule has 5 nitrogen and oxygen atoms in total. The molecule has 0 unspecified atom stereocenters. The summed E-state index contributed by atoms with van der Waals surface area (Å²) in [5.41, 5.74) is 1.71. The Morgan fingerprint density at radius 3 is 2.61 bits per heavy atom. The molecule has 0 saturated heterocycles. The highest BCUT2D eigenvalue weighted by Crippen LogP contribution is 2.29. The van der Waals surface area contributed by atoms with Gasteiger partial charge in [0, 0.05) is 12.0 Å². The lowest BCUT2D eigenvalue weighted by Gasteiger charge is -2.14. The van der Waals surface area contributed by atoms with Gasteiger partial charge in [0.15, 0.2) is 0 Å². The lowest BCUT2D eigenvalue weighted by atomic mass is 9.92. The fraction of sp³-hybridized carbons (Fsp3) is 0.444. The highest BCUT2D eigenvalue weighted by atomic mass is 16.5. The molecular weight excluding hydrogens is 294 g/mol. The lowest BCUT2D eigenvalue weighted by molar-refractivity contribution is -0.140. The van der Waals surface area contributed by atoms with Crippen LogP contribution < -0.4 is 4.74 Å². The molecule has 124 valence electrons. The van der Waals surface area contributed by atoms with Gasteiger partial charge in [-0.3, -0.25) is 4.79 Å². The van der Waals surface area contributed by atoms with Gasteiger partial charge in [-0.15, -0.1) is 0 Å². The van der Waals surface area contributed by atoms with Crippen LogP contribution >= 0.6 is 0 Å². The van der Waals surface area contributed by atoms with E-state index in [0.29, 0.717) is 6.61 Å². The Bertz CT molecular complexity index is 618. The van der Waals surface area contributed by atoms with Crippen molar-refractivity contribution in [2.75, 3.05) is 13.7 Å². The molecule has 1 atom stereocenters. The molecule has 0 amide bonds. The minimum absolute atomic E-state index is 0.190. The van der Waals surface area contributed by atoms with Crippen LogP contribution in [0.1, 0.15) is 49.1 Å². The molecular formula is C18H23NO4. The van der Waals surface area contributed by atoms with Gasteiger partial charge in [-0.25, -0.2) is 0 Å². The molecule has 0 N–H and O–H groups in total. The Kier molecular flexibility index (Phi) is 6.20. The summed E-state index contributed by atoms with van der Waals surface area (Å²) in [7, 11) is 1.39. The molecule has 0 aliphatic carbocycles. The summed E-state index contributed by atoms with van der Waals surface area (Å²) in [6, 6.07) is 9.60. The van der Waals surface area contributed by atoms with Gasteiger partial charge in [0.25, 0.3) is 0 Å². The van der Waals surface area contributed by atoms with E-state index in [1.54, 1.807) is 0 Å². The maximum atomic E-state index is 11.7. The van der Waals surface area contributed by atoms with Gasteiger partial charge in [0.1, 0.15) is 11.5 Å². The quantitative estimate of drug-likeness (QED) is 0.546. The molecule has 1 aromatic carbocycles. The molecule has 2 aromatic rings. The average molecular weight is 317 g/mol. The van der Waals surface area contributed by atoms with Gasteiger partial charge in [-0.1, -0.05) is 30.6 Å². The van der Waals surface area contributed by atoms with Crippen molar-refractivity contribution in [2.24, 2.45) is 0 Å². The van der Waals surface area contributed by atoms with E-state index in [4.69, 9.17) is 14.0 Å². The topological polar surface area (TPSA) is 61.6 Å². The zero-order chi connectivity index (χ0) is 16.7. The van der Waals surface area contributed by atoms with Crippen molar-refractivity contribution in [1.29, 1.82) is 0 Å². The summed E-state index contributed by atoms with van der Waals surface area (Å²) in [6.45, 7) is 4.67. The number of aromatic nitrogens is 1. The Morgan fingerprint density at radius 1 is 1.30 bits per heavy atom. The number of hydrogen-bond acceptors (Lipinski definition) is 5. The molecule has 0 aliphatic heterocycles. The van der Waals surface area contributed by atoms with Crippen molar-refractivity contribution in [3.63, 3.8) is 0 Å². The second-order valence-corrected chi connectivity index (χ2v) is 5.47. The molecule has 0 radical (unpaired) electrons. The third-order valence-corrected chi connectivity index (χ3v) is 3.65. The van der Waals surface area contributed by atoms with Crippen molar-refractivity contribution in [1.82, 2.24) is 5.16 Å². The van der Waals surface area contributed by atoms with Crippen molar-refractivity contribution >= 4 is 5.97 Å². The first-order chi connectivity index (χ1) is 11.1. The first-order valence-corrected chi connectivity index (χ1v) is 7.86. The van der Waals surface area contributed by atoms with E-state index in [1.165, 1.54) is 7.11 Å². The monoisotopic (exact) mass is 317 g/mol. The molecule has 1 heterocycles. The highest BCUT2D eigenvalue weighted by Gasteiger charge is 2.22. The van der Waals surface area contributed by atoms with Gasteiger partial charge in [0.2, 0.25) is 0 Å². The summed E-state index contributed by atoms with van der Waals surface area (Å²) in [5.74, 6) is 1.08. The van der Waals surface area contributed by atoms with Crippen LogP contribution in [0.3, 0.4) is 0 Å². The number of nitrogens with zero attached hydrogens (tertiary/aromatic N) is 1. The maximum absolute atomic E-state index is 11.7. The number of unbranched alkanes of at least 4 members (excludes halogenated alkanes) is 1. The first kappa shape index (κ1) is 17.1. The number of hydrogen-bond donors (Lipinski definition) is 0. The van der Waals surface area contributed by atoms with Crippen LogP contribution in [-0.4, -0.2) is 24.8 Å². The molecule has 1 aromatic heterocycles. The van der Waals surface area contributed by atoms with E-state index in [-0.39, 0.29) is 18.3 Å². The SMILES string of the molecule is CCCCOc1ccc([C@H](CC(=O)OC)c2cc(C)on2)cc1. The number of methoxy groups -OCH3 is 1. The minimum atomic E-state index is -0.279. The van der Waals surface area contributed by atoms with Crippen molar-refractivity contribution < 1.29 is 18.8 Å². The van der Waals surface area contributed by atoms with E-state index in [1.807, 2.05) is 37.3 Å². The smallest absolute Gasteiger partial charge is 0.306 e. The predicted molar refractivity (Wildman–Crippen MR) is 86.6 cm³/mol. The molecule has 2 rings (SSSR count). The van der Waals surface area contributed by atoms with Crippen LogP contribution in [0.2, 0.25) is 0 Å². The number of carbonyl (C=O) groups excluding carboxylic acids is 1. The highest BCUT2D eigenvalue weighted by molar-refractivity contribution is 5.71. The van der Waals surface area contributed by atoms with Crippen LogP contribution in [0.5, 0.6) is 5.75 Å². The number of ether oxygens (including phenoxy) is 2. The van der Waals surface area contributed by atoms with Crippen molar-refractivity contribution in [3.05, 3.63) is 47.3 Å². The van der Waals surface area contributed by atoms with Crippen molar-refractivity contribution in [2.45, 2.75) is 39.0 Å². The Morgan fingerprint density at radius 2 is 2.04 bits per heavy atom. The number of benzene rings is 1. The van der Waals surface area contributed by atoms with Gasteiger partial charge in [-0.05, 0) is 31.0 Å². The van der Waals surface area contributed by atoms with E-state index < -0.39 is 0 Å². The number of rotatable bonds is 8. The fourth-order valence-electron chi connectivity index (χ4n) is 2.32. The van der Waals surface area contributed by atoms with Crippen LogP contribution in [0, 0.1) is 6.92 Å². The lowest BCUT2D eigenvalue weighted by Crippen LogP contribution is -2.10. The van der Waals surface area contributed by atoms with Gasteiger partial charge in [0.05, 0.1) is 25.8 Å². The second kappa shape index (κ2) is 8.36. The van der Waals surface area contributed by atoms with Crippen LogP contribution in [0.15, 0.2) is 34.9 Å². The van der Waals surface area contributed by atoms with E-state index in [0.717, 1.165) is 35.6 Å². The van der Waals surface area contributed by atoms with E-state index >= 15 is 0 Å². The predicted octanol–water partition coefficient (Wildman–Crippen LogP) is 3.86. The number of esters is 1. The van der Waals surface area contributed by atoms with E-state index in [2.05, 4.69) is 12.1 Å². The molecule has 0 fully saturated rings. The standard InChI is InChI=1S/C18H23NO4/c1-4-5-10-22-15-8-6-14(7-9-15)16(12-18(20)21-3)17-11-13(2)23-19-17/h6-9,11,16H,4-5,10,12H2,1-3H3/t16-/m0/s1. The van der Waals surface area contributed by atoms with Crippen LogP contribution in [0.4, 0.5) is 0 Å². The summed E-state index contributed by atoms with van der Waals surface area (Å²) < 4.78 is 15.6. The first-order valence-electron chi connectivity index (χ1n) is 7.86. The number of aryl methyl sites for hydroxylation is 1. The summed E-state index contributed by atoms with van der Waals surface area (Å²) in [4.78, 5) is 11.7. The van der Waals surface area contributed by atoms with Crippen LogP contribution in [0.25, 0.3) is 0 Å². The van der Waals surface area contributed by atoms with Crippen LogP contribution in [-0.2, 0) is 9.53 Å². The largest absolute Gasteiger partial charge is 0.494 e. The average Bonchev–Trinajstić information content (AvgIpc) is 2.99. The molecule has 5 heteroatoms. The normalized spacial score (nSPS) is 12.0. The Balaban J connectivity index is 2.16. The minimum Gasteiger partial charge on any atom is -0.494 e. The summed E-state index contributed by atoms with van der Waals surface area (Å²) in [6.07, 6.45) is 2.36. The molecule has 23 heavy (non-hydrogen) atoms. The fourth-order valence-corrected chi connectivity index (χ4v) is 2.32. The van der Waals surface area contributed by atoms with Gasteiger partial charge in [-0.2, -0.15) is 0 Å². The molecule has 0 bridgehead atoms. The molecule has 0 spiro atoms. The molecule has 0 saturated carbocycles. The van der Waals surface area contributed by atoms with Crippen molar-refractivity contribution in [3.8, 4) is 5.75 Å². The van der Waals surface area contributed by atoms with E-state index in [9.17, 15) is 4.79 Å². The van der Waals surface area contributed by atoms with Gasteiger partial charge < -0.3 is 14.0 Å². The zero-order valence-corrected chi connectivity index (χ0v) is 13.9. The summed E-state index contributed by atoms with van der Waals surface area (Å²) in [5, 5.41) is 4.05. The number of carbonyl (C=O) groups is 1. The van der Waals surface area contributed by atoms with Gasteiger partial charge >= 0.3 is 5.97 Å². The Labute approximate surface area is 136 Å². The second-order valence-electron chi connectivity index (χ2n) is 5.47. The Hall–Kier alpha value is -2.30. The molecule has 0 aliphatic rings. The zero-order valence-electron chi connectivity index (χ0n) is 13.9. The third kappa shape index (κ3) is 4.84. The maximum Gasteiger partial charge on any atom is 0.306 e. The summed E-state index contributed by atoms with van der Waals surface area (Å²) >= 11 is 0.